The Morgan fingerprint density at radius 1 is 1.17 bits per heavy atom. The van der Waals surface area contributed by atoms with Crippen LogP contribution in [0.5, 0.6) is 17.2 Å². The van der Waals surface area contributed by atoms with Gasteiger partial charge in [0, 0.05) is 6.08 Å². The van der Waals surface area contributed by atoms with Gasteiger partial charge in [0.25, 0.3) is 0 Å². The van der Waals surface area contributed by atoms with Crippen LogP contribution >= 0.6 is 0 Å². The highest BCUT2D eigenvalue weighted by Gasteiger charge is 2.11. The van der Waals surface area contributed by atoms with Crippen LogP contribution in [0.4, 0.5) is 0 Å². The highest BCUT2D eigenvalue weighted by atomic mass is 16.6. The number of para-hydroxylation sites is 1. The largest absolute Gasteiger partial charge is 0.493 e. The predicted molar refractivity (Wildman–Crippen MR) is 90.0 cm³/mol. The molecule has 5 nitrogen and oxygen atoms in total. The number of aryl methyl sites for hydroxylation is 1. The number of nitriles is 1. The summed E-state index contributed by atoms with van der Waals surface area (Å²) in [6.07, 6.45) is 2.99. The zero-order valence-electron chi connectivity index (χ0n) is 13.5. The molecule has 0 amide bonds. The number of esters is 1. The van der Waals surface area contributed by atoms with E-state index in [0.29, 0.717) is 17.2 Å². The van der Waals surface area contributed by atoms with Crippen molar-refractivity contribution < 1.29 is 19.0 Å². The highest BCUT2D eigenvalue weighted by molar-refractivity contribution is 5.75. The number of carbonyl (C=O) groups is 1. The Morgan fingerprint density at radius 3 is 2.67 bits per heavy atom. The number of benzene rings is 2. The minimum absolute atomic E-state index is 0.204. The third-order valence-corrected chi connectivity index (χ3v) is 3.20. The van der Waals surface area contributed by atoms with Gasteiger partial charge in [-0.2, -0.15) is 5.26 Å². The molecule has 2 rings (SSSR count). The summed E-state index contributed by atoms with van der Waals surface area (Å²) in [7, 11) is 1.48. The van der Waals surface area contributed by atoms with E-state index in [0.717, 1.165) is 11.1 Å². The second-order valence-corrected chi connectivity index (χ2v) is 4.90. The van der Waals surface area contributed by atoms with Gasteiger partial charge in [0.2, 0.25) is 0 Å². The average molecular weight is 323 g/mol. The third kappa shape index (κ3) is 4.62. The van der Waals surface area contributed by atoms with E-state index in [1.165, 1.54) is 13.2 Å². The van der Waals surface area contributed by atoms with Crippen LogP contribution in [0.15, 0.2) is 48.5 Å². The summed E-state index contributed by atoms with van der Waals surface area (Å²) >= 11 is 0. The molecule has 0 atom stereocenters. The average Bonchev–Trinajstić information content (AvgIpc) is 2.60. The second-order valence-electron chi connectivity index (χ2n) is 4.90. The quantitative estimate of drug-likeness (QED) is 0.462. The Balaban J connectivity index is 2.02. The molecule has 0 N–H and O–H groups in total. The summed E-state index contributed by atoms with van der Waals surface area (Å²) < 4.78 is 16.0. The standard InChI is InChI=1S/C19H17NO4/c1-14-6-3-4-8-16(14)23-13-19(21)24-17-10-9-15(7-5-11-20)12-18(17)22-2/h3-10,12H,13H2,1-2H3/b7-5-. The topological polar surface area (TPSA) is 68.5 Å². The molecule has 5 heteroatoms. The Hall–Kier alpha value is -3.26. The van der Waals surface area contributed by atoms with Gasteiger partial charge in [-0.25, -0.2) is 4.79 Å². The van der Waals surface area contributed by atoms with E-state index >= 15 is 0 Å². The molecule has 0 spiro atoms. The van der Waals surface area contributed by atoms with Gasteiger partial charge in [-0.3, -0.25) is 0 Å². The van der Waals surface area contributed by atoms with Crippen molar-refractivity contribution >= 4 is 12.0 Å². The van der Waals surface area contributed by atoms with Crippen LogP contribution in [0, 0.1) is 18.3 Å². The molecular weight excluding hydrogens is 306 g/mol. The molecule has 0 saturated heterocycles. The SMILES string of the molecule is COc1cc(/C=C\C#N)ccc1OC(=O)COc1ccccc1C. The smallest absolute Gasteiger partial charge is 0.349 e. The molecular formula is C19H17NO4. The van der Waals surface area contributed by atoms with Crippen LogP contribution < -0.4 is 14.2 Å². The fourth-order valence-corrected chi connectivity index (χ4v) is 2.01. The van der Waals surface area contributed by atoms with Gasteiger partial charge in [-0.1, -0.05) is 24.3 Å². The maximum atomic E-state index is 12.0. The Labute approximate surface area is 140 Å². The van der Waals surface area contributed by atoms with Gasteiger partial charge in [-0.05, 0) is 42.3 Å². The van der Waals surface area contributed by atoms with Gasteiger partial charge < -0.3 is 14.2 Å². The maximum Gasteiger partial charge on any atom is 0.349 e. The monoisotopic (exact) mass is 323 g/mol. The normalized spacial score (nSPS) is 10.2. The number of methoxy groups -OCH3 is 1. The summed E-state index contributed by atoms with van der Waals surface area (Å²) in [6.45, 7) is 1.70. The Bertz CT molecular complexity index is 790. The summed E-state index contributed by atoms with van der Waals surface area (Å²) in [6, 6.07) is 14.4. The number of hydrogen-bond donors (Lipinski definition) is 0. The lowest BCUT2D eigenvalue weighted by atomic mass is 10.2. The first-order valence-electron chi connectivity index (χ1n) is 7.27. The molecule has 0 aliphatic heterocycles. The van der Waals surface area contributed by atoms with Crippen molar-refractivity contribution in [3.05, 3.63) is 59.7 Å². The van der Waals surface area contributed by atoms with Gasteiger partial charge in [-0.15, -0.1) is 0 Å². The number of rotatable bonds is 6. The van der Waals surface area contributed by atoms with E-state index in [9.17, 15) is 4.79 Å². The van der Waals surface area contributed by atoms with Crippen LogP contribution in [-0.4, -0.2) is 19.7 Å². The van der Waals surface area contributed by atoms with E-state index < -0.39 is 5.97 Å². The zero-order chi connectivity index (χ0) is 17.4. The molecule has 0 saturated carbocycles. The lowest BCUT2D eigenvalue weighted by molar-refractivity contribution is -0.136. The molecule has 0 aromatic heterocycles. The number of hydrogen-bond acceptors (Lipinski definition) is 5. The molecule has 0 aliphatic carbocycles. The van der Waals surface area contributed by atoms with Crippen LogP contribution in [0.25, 0.3) is 6.08 Å². The van der Waals surface area contributed by atoms with Crippen molar-refractivity contribution in [2.75, 3.05) is 13.7 Å². The van der Waals surface area contributed by atoms with Crippen LogP contribution in [0.3, 0.4) is 0 Å². The first-order chi connectivity index (χ1) is 11.6. The molecule has 0 unspecified atom stereocenters. The minimum Gasteiger partial charge on any atom is -0.493 e. The number of allylic oxidation sites excluding steroid dienone is 1. The molecule has 2 aromatic carbocycles. The van der Waals surface area contributed by atoms with Crippen LogP contribution in [-0.2, 0) is 4.79 Å². The van der Waals surface area contributed by atoms with E-state index in [4.69, 9.17) is 19.5 Å². The minimum atomic E-state index is -0.531. The maximum absolute atomic E-state index is 12.0. The fraction of sp³-hybridized carbons (Fsp3) is 0.158. The van der Waals surface area contributed by atoms with Crippen molar-refractivity contribution in [3.63, 3.8) is 0 Å². The van der Waals surface area contributed by atoms with Crippen molar-refractivity contribution in [1.82, 2.24) is 0 Å². The van der Waals surface area contributed by atoms with E-state index in [1.54, 1.807) is 30.3 Å². The van der Waals surface area contributed by atoms with Crippen molar-refractivity contribution in [3.8, 4) is 23.3 Å². The predicted octanol–water partition coefficient (Wildman–Crippen LogP) is 3.52. The zero-order valence-corrected chi connectivity index (χ0v) is 13.5. The highest BCUT2D eigenvalue weighted by Crippen LogP contribution is 2.28. The van der Waals surface area contributed by atoms with Crippen molar-refractivity contribution in [2.45, 2.75) is 6.92 Å². The molecule has 0 heterocycles. The summed E-state index contributed by atoms with van der Waals surface area (Å²) in [4.78, 5) is 12.0. The van der Waals surface area contributed by atoms with Gasteiger partial charge >= 0.3 is 5.97 Å². The summed E-state index contributed by atoms with van der Waals surface area (Å²) in [5.41, 5.74) is 1.71. The molecule has 0 aliphatic rings. The number of ether oxygens (including phenoxy) is 3. The Kier molecular flexibility index (Phi) is 5.98. The third-order valence-electron chi connectivity index (χ3n) is 3.20. The van der Waals surface area contributed by atoms with Crippen LogP contribution in [0.2, 0.25) is 0 Å². The lowest BCUT2D eigenvalue weighted by Gasteiger charge is -2.11. The lowest BCUT2D eigenvalue weighted by Crippen LogP contribution is -2.18. The van der Waals surface area contributed by atoms with Crippen molar-refractivity contribution in [2.24, 2.45) is 0 Å². The van der Waals surface area contributed by atoms with Gasteiger partial charge in [0.15, 0.2) is 18.1 Å². The van der Waals surface area contributed by atoms with Crippen molar-refractivity contribution in [1.29, 1.82) is 5.26 Å². The van der Waals surface area contributed by atoms with E-state index in [2.05, 4.69) is 0 Å². The second kappa shape index (κ2) is 8.39. The fourth-order valence-electron chi connectivity index (χ4n) is 2.01. The first kappa shape index (κ1) is 17.1. The number of carbonyl (C=O) groups excluding carboxylic acids is 1. The molecule has 0 fully saturated rings. The Morgan fingerprint density at radius 2 is 1.96 bits per heavy atom. The van der Waals surface area contributed by atoms with E-state index in [1.807, 2.05) is 31.2 Å². The number of nitrogens with zero attached hydrogens (tertiary/aromatic N) is 1. The molecule has 24 heavy (non-hydrogen) atoms. The van der Waals surface area contributed by atoms with E-state index in [-0.39, 0.29) is 6.61 Å². The molecule has 0 bridgehead atoms. The van der Waals surface area contributed by atoms with Crippen LogP contribution in [0.1, 0.15) is 11.1 Å². The van der Waals surface area contributed by atoms with Gasteiger partial charge in [0.1, 0.15) is 5.75 Å². The summed E-state index contributed by atoms with van der Waals surface area (Å²) in [5.74, 6) is 0.805. The molecule has 2 aromatic rings. The van der Waals surface area contributed by atoms with Gasteiger partial charge in [0.05, 0.1) is 13.2 Å². The first-order valence-corrected chi connectivity index (χ1v) is 7.27. The molecule has 0 radical (unpaired) electrons. The molecule has 122 valence electrons. The summed E-state index contributed by atoms with van der Waals surface area (Å²) in [5, 5.41) is 8.55.